The number of hydrogen-bond donors (Lipinski definition) is 0. The minimum atomic E-state index is -3.44. The second-order valence-electron chi connectivity index (χ2n) is 5.23. The van der Waals surface area contributed by atoms with E-state index in [9.17, 15) is 8.42 Å². The van der Waals surface area contributed by atoms with Gasteiger partial charge in [-0.05, 0) is 31.5 Å². The molecule has 0 atom stereocenters. The Bertz CT molecular complexity index is 689. The van der Waals surface area contributed by atoms with E-state index in [1.807, 2.05) is 57.2 Å². The molecule has 3 nitrogen and oxygen atoms in total. The molecule has 0 N–H and O–H groups in total. The van der Waals surface area contributed by atoms with Crippen LogP contribution in [0, 0.1) is 13.8 Å². The molecule has 0 spiro atoms. The Labute approximate surface area is 127 Å². The van der Waals surface area contributed by atoms with Gasteiger partial charge in [-0.1, -0.05) is 54.4 Å². The van der Waals surface area contributed by atoms with Crippen molar-refractivity contribution in [2.75, 3.05) is 6.54 Å². The number of benzene rings is 2. The van der Waals surface area contributed by atoms with Crippen molar-refractivity contribution in [1.29, 1.82) is 0 Å². The summed E-state index contributed by atoms with van der Waals surface area (Å²) in [6.45, 7) is 6.67. The maximum Gasteiger partial charge on any atom is 0.243 e. The Morgan fingerprint density at radius 3 is 1.81 bits per heavy atom. The summed E-state index contributed by atoms with van der Waals surface area (Å²) in [4.78, 5) is 0.349. The molecular weight excluding hydrogens is 282 g/mol. The van der Waals surface area contributed by atoms with E-state index in [2.05, 4.69) is 0 Å². The molecule has 0 aliphatic rings. The highest BCUT2D eigenvalue weighted by Crippen LogP contribution is 2.19. The molecule has 112 valence electrons. The molecule has 0 aliphatic heterocycles. The first-order valence-corrected chi connectivity index (χ1v) is 8.50. The topological polar surface area (TPSA) is 37.4 Å². The summed E-state index contributed by atoms with van der Waals surface area (Å²) < 4.78 is 26.8. The third-order valence-electron chi connectivity index (χ3n) is 3.49. The van der Waals surface area contributed by atoms with Crippen molar-refractivity contribution < 1.29 is 8.42 Å². The molecule has 0 saturated heterocycles. The lowest BCUT2D eigenvalue weighted by Gasteiger charge is -2.20. The summed E-state index contributed by atoms with van der Waals surface area (Å²) in [5.74, 6) is 0. The van der Waals surface area contributed by atoms with Crippen LogP contribution in [-0.2, 0) is 16.6 Å². The molecule has 0 amide bonds. The summed E-state index contributed by atoms with van der Waals surface area (Å²) in [7, 11) is -3.44. The van der Waals surface area contributed by atoms with Crippen molar-refractivity contribution in [3.63, 3.8) is 0 Å². The first kappa shape index (κ1) is 15.7. The average Bonchev–Trinajstić information content (AvgIpc) is 2.47. The van der Waals surface area contributed by atoms with E-state index < -0.39 is 10.0 Å². The smallest absolute Gasteiger partial charge is 0.207 e. The molecule has 2 aromatic carbocycles. The van der Waals surface area contributed by atoms with Crippen LogP contribution in [0.5, 0.6) is 0 Å². The Morgan fingerprint density at radius 2 is 1.33 bits per heavy atom. The van der Waals surface area contributed by atoms with Gasteiger partial charge in [0, 0.05) is 13.1 Å². The largest absolute Gasteiger partial charge is 0.243 e. The van der Waals surface area contributed by atoms with Crippen molar-refractivity contribution in [3.05, 3.63) is 65.2 Å². The number of aryl methyl sites for hydroxylation is 2. The third-order valence-corrected chi connectivity index (χ3v) is 5.43. The number of rotatable bonds is 5. The second kappa shape index (κ2) is 6.41. The summed E-state index contributed by atoms with van der Waals surface area (Å²) in [6.07, 6.45) is 0. The highest BCUT2D eigenvalue weighted by atomic mass is 32.2. The fourth-order valence-corrected chi connectivity index (χ4v) is 3.56. The molecule has 4 heteroatoms. The van der Waals surface area contributed by atoms with Crippen LogP contribution in [0.2, 0.25) is 0 Å². The van der Waals surface area contributed by atoms with Crippen LogP contribution in [0.1, 0.15) is 23.6 Å². The van der Waals surface area contributed by atoms with Gasteiger partial charge in [-0.3, -0.25) is 0 Å². The van der Waals surface area contributed by atoms with Crippen LogP contribution in [0.4, 0.5) is 0 Å². The highest BCUT2D eigenvalue weighted by molar-refractivity contribution is 7.89. The van der Waals surface area contributed by atoms with Crippen molar-refractivity contribution >= 4 is 10.0 Å². The first-order valence-electron chi connectivity index (χ1n) is 7.06. The van der Waals surface area contributed by atoms with E-state index in [-0.39, 0.29) is 0 Å². The van der Waals surface area contributed by atoms with Gasteiger partial charge in [0.2, 0.25) is 10.0 Å². The van der Waals surface area contributed by atoms with Gasteiger partial charge in [0.25, 0.3) is 0 Å². The zero-order valence-corrected chi connectivity index (χ0v) is 13.5. The molecule has 2 rings (SSSR count). The fourth-order valence-electron chi connectivity index (χ4n) is 2.12. The lowest BCUT2D eigenvalue weighted by Crippen LogP contribution is -2.30. The molecule has 0 unspecified atom stereocenters. The van der Waals surface area contributed by atoms with E-state index in [0.29, 0.717) is 18.0 Å². The molecule has 0 radical (unpaired) electrons. The zero-order valence-electron chi connectivity index (χ0n) is 12.7. The second-order valence-corrected chi connectivity index (χ2v) is 7.17. The van der Waals surface area contributed by atoms with Crippen LogP contribution in [-0.4, -0.2) is 19.3 Å². The van der Waals surface area contributed by atoms with Gasteiger partial charge in [0.15, 0.2) is 0 Å². The Hall–Kier alpha value is -1.65. The number of hydrogen-bond acceptors (Lipinski definition) is 2. The van der Waals surface area contributed by atoms with E-state index in [0.717, 1.165) is 11.1 Å². The van der Waals surface area contributed by atoms with Gasteiger partial charge in [-0.2, -0.15) is 4.31 Å². The molecule has 0 aromatic heterocycles. The molecule has 0 fully saturated rings. The van der Waals surface area contributed by atoms with Crippen LogP contribution < -0.4 is 0 Å². The Balaban J connectivity index is 2.27. The van der Waals surface area contributed by atoms with Gasteiger partial charge in [0.05, 0.1) is 4.90 Å². The normalized spacial score (nSPS) is 11.8. The fraction of sp³-hybridized carbons (Fsp3) is 0.294. The predicted molar refractivity (Wildman–Crippen MR) is 85.6 cm³/mol. The predicted octanol–water partition coefficient (Wildman–Crippen LogP) is 3.51. The minimum absolute atomic E-state index is 0.349. The molecule has 0 heterocycles. The molecule has 21 heavy (non-hydrogen) atoms. The Kier molecular flexibility index (Phi) is 4.80. The van der Waals surface area contributed by atoms with Crippen LogP contribution in [0.3, 0.4) is 0 Å². The van der Waals surface area contributed by atoms with Gasteiger partial charge < -0.3 is 0 Å². The van der Waals surface area contributed by atoms with E-state index >= 15 is 0 Å². The molecule has 2 aromatic rings. The molecule has 0 aliphatic carbocycles. The first-order chi connectivity index (χ1) is 9.93. The minimum Gasteiger partial charge on any atom is -0.207 e. The highest BCUT2D eigenvalue weighted by Gasteiger charge is 2.22. The summed E-state index contributed by atoms with van der Waals surface area (Å²) >= 11 is 0. The zero-order chi connectivity index (χ0) is 15.5. The van der Waals surface area contributed by atoms with Crippen LogP contribution in [0.25, 0.3) is 0 Å². The van der Waals surface area contributed by atoms with Crippen LogP contribution in [0.15, 0.2) is 53.4 Å². The van der Waals surface area contributed by atoms with E-state index in [1.54, 1.807) is 12.1 Å². The van der Waals surface area contributed by atoms with E-state index in [1.165, 1.54) is 9.87 Å². The lowest BCUT2D eigenvalue weighted by atomic mass is 10.1. The monoisotopic (exact) mass is 303 g/mol. The molecule has 0 saturated carbocycles. The van der Waals surface area contributed by atoms with Gasteiger partial charge in [-0.15, -0.1) is 0 Å². The molecular formula is C17H21NO2S. The lowest BCUT2D eigenvalue weighted by molar-refractivity contribution is 0.423. The van der Waals surface area contributed by atoms with Crippen molar-refractivity contribution in [3.8, 4) is 0 Å². The number of nitrogens with zero attached hydrogens (tertiary/aromatic N) is 1. The standard InChI is InChI=1S/C17H21NO2S/c1-4-18(13-16-9-5-14(2)6-10-16)21(19,20)17-11-7-15(3)8-12-17/h5-12H,4,13H2,1-3H3. The number of sulfonamides is 1. The third kappa shape index (κ3) is 3.71. The summed E-state index contributed by atoms with van der Waals surface area (Å²) in [6, 6.07) is 14.9. The molecule has 0 bridgehead atoms. The summed E-state index contributed by atoms with van der Waals surface area (Å²) in [5, 5.41) is 0. The van der Waals surface area contributed by atoms with Crippen molar-refractivity contribution in [2.24, 2.45) is 0 Å². The van der Waals surface area contributed by atoms with Crippen molar-refractivity contribution in [1.82, 2.24) is 4.31 Å². The SMILES string of the molecule is CCN(Cc1ccc(C)cc1)S(=O)(=O)c1ccc(C)cc1. The Morgan fingerprint density at radius 1 is 0.857 bits per heavy atom. The maximum atomic E-state index is 12.7. The quantitative estimate of drug-likeness (QED) is 0.847. The van der Waals surface area contributed by atoms with Gasteiger partial charge in [0.1, 0.15) is 0 Å². The van der Waals surface area contributed by atoms with Gasteiger partial charge in [-0.25, -0.2) is 8.42 Å². The van der Waals surface area contributed by atoms with Crippen LogP contribution >= 0.6 is 0 Å². The summed E-state index contributed by atoms with van der Waals surface area (Å²) in [5.41, 5.74) is 3.22. The maximum absolute atomic E-state index is 12.7. The van der Waals surface area contributed by atoms with Gasteiger partial charge >= 0.3 is 0 Å². The van der Waals surface area contributed by atoms with Crippen molar-refractivity contribution in [2.45, 2.75) is 32.2 Å². The average molecular weight is 303 g/mol. The van der Waals surface area contributed by atoms with E-state index in [4.69, 9.17) is 0 Å².